The minimum atomic E-state index is -0.894. The van der Waals surface area contributed by atoms with E-state index in [-0.39, 0.29) is 11.8 Å². The predicted molar refractivity (Wildman–Crippen MR) is 95.7 cm³/mol. The second-order valence-corrected chi connectivity index (χ2v) is 7.75. The number of methoxy groups -OCH3 is 1. The zero-order chi connectivity index (χ0) is 18.2. The molecule has 4 nitrogen and oxygen atoms in total. The summed E-state index contributed by atoms with van der Waals surface area (Å²) in [6, 6.07) is 4.07. The molecule has 136 valence electrons. The Labute approximate surface area is 149 Å². The molecule has 1 aromatic rings. The fraction of sp³-hybridized carbons (Fsp3) is 0.619. The van der Waals surface area contributed by atoms with Crippen LogP contribution in [0.5, 0.6) is 0 Å². The van der Waals surface area contributed by atoms with Crippen molar-refractivity contribution in [2.24, 2.45) is 5.92 Å². The van der Waals surface area contributed by atoms with Crippen LogP contribution in [-0.2, 0) is 19.1 Å². The molecule has 0 radical (unpaired) electrons. The molecule has 1 heterocycles. The first-order valence-electron chi connectivity index (χ1n) is 9.22. The number of carbonyl (C=O) groups is 2. The Kier molecular flexibility index (Phi) is 5.01. The Morgan fingerprint density at radius 2 is 1.72 bits per heavy atom. The first-order chi connectivity index (χ1) is 11.9. The summed E-state index contributed by atoms with van der Waals surface area (Å²) < 4.78 is 10.9. The molecule has 4 heteroatoms. The number of ketones is 1. The van der Waals surface area contributed by atoms with E-state index in [1.54, 1.807) is 7.11 Å². The first-order valence-corrected chi connectivity index (χ1v) is 9.22. The van der Waals surface area contributed by atoms with Crippen molar-refractivity contribution in [2.45, 2.75) is 64.4 Å². The van der Waals surface area contributed by atoms with Crippen LogP contribution in [0.25, 0.3) is 0 Å². The van der Waals surface area contributed by atoms with E-state index in [2.05, 4.69) is 0 Å². The molecule has 1 saturated carbocycles. The van der Waals surface area contributed by atoms with Crippen molar-refractivity contribution in [1.29, 1.82) is 0 Å². The fourth-order valence-corrected chi connectivity index (χ4v) is 4.63. The molecule has 1 atom stereocenters. The standard InChI is InChI=1S/C21H28O4/c1-13-11-14(2)17(15(3)12-13)18-19(22)21(25-20(18)23)8-5-16(6-9-21)7-10-24-4/h11-12,16,18H,5-10H2,1-4H3. The summed E-state index contributed by atoms with van der Waals surface area (Å²) in [5.74, 6) is -0.594. The quantitative estimate of drug-likeness (QED) is 0.616. The van der Waals surface area contributed by atoms with Gasteiger partial charge in [0.15, 0.2) is 11.4 Å². The largest absolute Gasteiger partial charge is 0.450 e. The van der Waals surface area contributed by atoms with Gasteiger partial charge in [-0.15, -0.1) is 0 Å². The van der Waals surface area contributed by atoms with Crippen molar-refractivity contribution < 1.29 is 19.1 Å². The van der Waals surface area contributed by atoms with E-state index in [0.29, 0.717) is 18.8 Å². The van der Waals surface area contributed by atoms with Gasteiger partial charge in [0.25, 0.3) is 0 Å². The molecule has 1 spiro atoms. The zero-order valence-corrected chi connectivity index (χ0v) is 15.7. The number of carbonyl (C=O) groups excluding carboxylic acids is 2. The number of hydrogen-bond donors (Lipinski definition) is 0. The molecule has 1 unspecified atom stereocenters. The van der Waals surface area contributed by atoms with Crippen LogP contribution < -0.4 is 0 Å². The van der Waals surface area contributed by atoms with E-state index in [9.17, 15) is 9.59 Å². The first kappa shape index (κ1) is 18.1. The lowest BCUT2D eigenvalue weighted by atomic mass is 9.73. The van der Waals surface area contributed by atoms with E-state index in [1.165, 1.54) is 0 Å². The molecule has 0 bridgehead atoms. The van der Waals surface area contributed by atoms with Gasteiger partial charge in [-0.05, 0) is 75.5 Å². The highest BCUT2D eigenvalue weighted by atomic mass is 16.6. The van der Waals surface area contributed by atoms with Gasteiger partial charge in [-0.25, -0.2) is 0 Å². The van der Waals surface area contributed by atoms with Gasteiger partial charge in [0.1, 0.15) is 5.92 Å². The maximum Gasteiger partial charge on any atom is 0.322 e. The third kappa shape index (κ3) is 3.24. The SMILES string of the molecule is COCCC1CCC2(CC1)OC(=O)C(c1c(C)cc(C)cc1C)C2=O. The number of esters is 1. The Bertz CT molecular complexity index is 660. The average Bonchev–Trinajstić information content (AvgIpc) is 2.78. The van der Waals surface area contributed by atoms with E-state index in [4.69, 9.17) is 9.47 Å². The number of ether oxygens (including phenoxy) is 2. The molecule has 3 rings (SSSR count). The molecule has 1 aliphatic carbocycles. The molecule has 0 N–H and O–H groups in total. The van der Waals surface area contributed by atoms with Crippen LogP contribution in [0, 0.1) is 26.7 Å². The van der Waals surface area contributed by atoms with Crippen molar-refractivity contribution in [2.75, 3.05) is 13.7 Å². The molecule has 0 amide bonds. The third-order valence-corrected chi connectivity index (χ3v) is 5.91. The number of benzene rings is 1. The Hall–Kier alpha value is -1.68. The highest BCUT2D eigenvalue weighted by molar-refractivity contribution is 6.14. The van der Waals surface area contributed by atoms with Crippen molar-refractivity contribution in [1.82, 2.24) is 0 Å². The molecule has 25 heavy (non-hydrogen) atoms. The number of hydrogen-bond acceptors (Lipinski definition) is 4. The van der Waals surface area contributed by atoms with Crippen LogP contribution in [-0.4, -0.2) is 31.1 Å². The van der Waals surface area contributed by atoms with E-state index in [1.807, 2.05) is 32.9 Å². The topological polar surface area (TPSA) is 52.6 Å². The van der Waals surface area contributed by atoms with Gasteiger partial charge in [-0.3, -0.25) is 9.59 Å². The monoisotopic (exact) mass is 344 g/mol. The normalized spacial score (nSPS) is 29.3. The highest BCUT2D eigenvalue weighted by Crippen LogP contribution is 2.46. The molecule has 1 aromatic carbocycles. The molecule has 1 saturated heterocycles. The van der Waals surface area contributed by atoms with Crippen LogP contribution >= 0.6 is 0 Å². The molecule has 0 aromatic heterocycles. The summed E-state index contributed by atoms with van der Waals surface area (Å²) >= 11 is 0. The van der Waals surface area contributed by atoms with Gasteiger partial charge in [-0.2, -0.15) is 0 Å². The van der Waals surface area contributed by atoms with Gasteiger partial charge in [0.2, 0.25) is 0 Å². The van der Waals surface area contributed by atoms with Crippen molar-refractivity contribution in [3.63, 3.8) is 0 Å². The lowest BCUT2D eigenvalue weighted by molar-refractivity contribution is -0.156. The van der Waals surface area contributed by atoms with Gasteiger partial charge in [0, 0.05) is 13.7 Å². The van der Waals surface area contributed by atoms with Crippen molar-refractivity contribution >= 4 is 11.8 Å². The minimum Gasteiger partial charge on any atom is -0.450 e. The van der Waals surface area contributed by atoms with E-state index >= 15 is 0 Å². The number of rotatable bonds is 4. The van der Waals surface area contributed by atoms with Crippen molar-refractivity contribution in [3.05, 3.63) is 34.4 Å². The lowest BCUT2D eigenvalue weighted by Crippen LogP contribution is -2.41. The smallest absolute Gasteiger partial charge is 0.322 e. The van der Waals surface area contributed by atoms with Gasteiger partial charge in [0.05, 0.1) is 0 Å². The van der Waals surface area contributed by atoms with E-state index in [0.717, 1.165) is 48.1 Å². The second-order valence-electron chi connectivity index (χ2n) is 7.75. The van der Waals surface area contributed by atoms with Crippen molar-refractivity contribution in [3.8, 4) is 0 Å². The van der Waals surface area contributed by atoms with Crippen LogP contribution in [0.1, 0.15) is 60.3 Å². The Morgan fingerprint density at radius 3 is 2.28 bits per heavy atom. The molecular weight excluding hydrogens is 316 g/mol. The predicted octanol–water partition coefficient (Wildman–Crippen LogP) is 3.79. The number of Topliss-reactive ketones (excluding diaryl/α,β-unsaturated/α-hetero) is 1. The maximum atomic E-state index is 13.2. The van der Waals surface area contributed by atoms with Crippen LogP contribution in [0.3, 0.4) is 0 Å². The minimum absolute atomic E-state index is 0.0299. The van der Waals surface area contributed by atoms with Crippen LogP contribution in [0.2, 0.25) is 0 Å². The molecular formula is C21H28O4. The lowest BCUT2D eigenvalue weighted by Gasteiger charge is -2.34. The average molecular weight is 344 g/mol. The summed E-state index contributed by atoms with van der Waals surface area (Å²) in [5, 5.41) is 0. The third-order valence-electron chi connectivity index (χ3n) is 5.91. The number of aryl methyl sites for hydroxylation is 3. The Balaban J connectivity index is 1.82. The van der Waals surface area contributed by atoms with Gasteiger partial charge >= 0.3 is 5.97 Å². The summed E-state index contributed by atoms with van der Waals surface area (Å²) in [5.41, 5.74) is 3.09. The van der Waals surface area contributed by atoms with Crippen LogP contribution in [0.15, 0.2) is 12.1 Å². The molecule has 2 aliphatic rings. The summed E-state index contributed by atoms with van der Waals surface area (Å²) in [7, 11) is 1.71. The summed E-state index contributed by atoms with van der Waals surface area (Å²) in [6.07, 6.45) is 4.13. The maximum absolute atomic E-state index is 13.2. The Morgan fingerprint density at radius 1 is 1.12 bits per heavy atom. The molecule has 2 fully saturated rings. The van der Waals surface area contributed by atoms with Gasteiger partial charge < -0.3 is 9.47 Å². The fourth-order valence-electron chi connectivity index (χ4n) is 4.63. The summed E-state index contributed by atoms with van der Waals surface area (Å²) in [6.45, 7) is 6.72. The van der Waals surface area contributed by atoms with E-state index < -0.39 is 11.5 Å². The summed E-state index contributed by atoms with van der Waals surface area (Å²) in [4.78, 5) is 25.9. The molecule has 1 aliphatic heterocycles. The zero-order valence-electron chi connectivity index (χ0n) is 15.7. The van der Waals surface area contributed by atoms with Crippen LogP contribution in [0.4, 0.5) is 0 Å². The van der Waals surface area contributed by atoms with Gasteiger partial charge in [-0.1, -0.05) is 17.7 Å². The highest BCUT2D eigenvalue weighted by Gasteiger charge is 2.56. The second kappa shape index (κ2) is 6.91.